The van der Waals surface area contributed by atoms with Crippen molar-refractivity contribution in [2.24, 2.45) is 0 Å². The number of benzene rings is 1. The highest BCUT2D eigenvalue weighted by Crippen LogP contribution is 2.29. The number of aromatic nitrogens is 1. The van der Waals surface area contributed by atoms with Gasteiger partial charge in [-0.15, -0.1) is 0 Å². The first kappa shape index (κ1) is 13.5. The van der Waals surface area contributed by atoms with E-state index in [0.717, 1.165) is 6.07 Å². The van der Waals surface area contributed by atoms with E-state index in [4.69, 9.17) is 0 Å². The summed E-state index contributed by atoms with van der Waals surface area (Å²) in [7, 11) is 0. The van der Waals surface area contributed by atoms with E-state index >= 15 is 0 Å². The number of nitrogens with one attached hydrogen (secondary N) is 1. The average molecular weight is 330 g/mol. The number of H-pyrrole nitrogens is 1. The van der Waals surface area contributed by atoms with E-state index < -0.39 is 28.7 Å². The zero-order valence-electron chi connectivity index (χ0n) is 9.79. The monoisotopic (exact) mass is 329 g/mol. The second-order valence-corrected chi connectivity index (χ2v) is 4.56. The van der Waals surface area contributed by atoms with E-state index in [2.05, 4.69) is 25.7 Å². The summed E-state index contributed by atoms with van der Waals surface area (Å²) < 4.78 is 18.1. The molecule has 2 N–H and O–H groups in total. The van der Waals surface area contributed by atoms with Crippen LogP contribution >= 0.6 is 15.9 Å². The minimum Gasteiger partial charge on any atom is -0.506 e. The Morgan fingerprint density at radius 3 is 2.84 bits per heavy atom. The van der Waals surface area contributed by atoms with Crippen LogP contribution in [-0.4, -0.2) is 22.7 Å². The van der Waals surface area contributed by atoms with Gasteiger partial charge in [-0.05, 0) is 35.0 Å². The predicted molar refractivity (Wildman–Crippen MR) is 69.8 cm³/mol. The third-order valence-electron chi connectivity index (χ3n) is 2.51. The van der Waals surface area contributed by atoms with Crippen LogP contribution in [0.4, 0.5) is 4.39 Å². The van der Waals surface area contributed by atoms with E-state index in [9.17, 15) is 19.1 Å². The van der Waals surface area contributed by atoms with Gasteiger partial charge in [0, 0.05) is 5.39 Å². The molecule has 2 aromatic rings. The minimum atomic E-state index is -0.927. The van der Waals surface area contributed by atoms with E-state index in [1.165, 1.54) is 6.07 Å². The van der Waals surface area contributed by atoms with Crippen molar-refractivity contribution in [1.82, 2.24) is 4.98 Å². The maximum atomic E-state index is 13.3. The molecule has 0 aliphatic heterocycles. The largest absolute Gasteiger partial charge is 0.506 e. The van der Waals surface area contributed by atoms with Gasteiger partial charge in [0.2, 0.25) is 0 Å². The van der Waals surface area contributed by atoms with Crippen molar-refractivity contribution in [3.8, 4) is 5.75 Å². The summed E-state index contributed by atoms with van der Waals surface area (Å²) in [5, 5.41) is 10.1. The Hall–Kier alpha value is -1.89. The zero-order valence-corrected chi connectivity index (χ0v) is 11.4. The van der Waals surface area contributed by atoms with Crippen LogP contribution in [-0.2, 0) is 4.74 Å². The highest BCUT2D eigenvalue weighted by atomic mass is 79.9. The molecule has 0 saturated carbocycles. The van der Waals surface area contributed by atoms with Crippen LogP contribution in [0, 0.1) is 5.82 Å². The van der Waals surface area contributed by atoms with Crippen molar-refractivity contribution in [3.63, 3.8) is 0 Å². The van der Waals surface area contributed by atoms with Crippen molar-refractivity contribution >= 4 is 32.8 Å². The van der Waals surface area contributed by atoms with E-state index in [0.29, 0.717) is 0 Å². The SMILES string of the molecule is CCOC(=O)c1c(O)c2cc(Br)c(F)cc2[nH]c1=O. The van der Waals surface area contributed by atoms with Crippen molar-refractivity contribution in [2.45, 2.75) is 6.92 Å². The van der Waals surface area contributed by atoms with Gasteiger partial charge in [0.05, 0.1) is 16.6 Å². The lowest BCUT2D eigenvalue weighted by atomic mass is 10.1. The fourth-order valence-corrected chi connectivity index (χ4v) is 2.01. The summed E-state index contributed by atoms with van der Waals surface area (Å²) in [6, 6.07) is 2.33. The Morgan fingerprint density at radius 2 is 2.21 bits per heavy atom. The summed E-state index contributed by atoms with van der Waals surface area (Å²) in [4.78, 5) is 25.6. The van der Waals surface area contributed by atoms with Gasteiger partial charge in [-0.1, -0.05) is 0 Å². The normalized spacial score (nSPS) is 10.7. The molecule has 1 heterocycles. The smallest absolute Gasteiger partial charge is 0.347 e. The molecule has 2 rings (SSSR count). The summed E-state index contributed by atoms with van der Waals surface area (Å²) in [6.45, 7) is 1.65. The van der Waals surface area contributed by atoms with Crippen molar-refractivity contribution in [2.75, 3.05) is 6.61 Å². The number of carbonyl (C=O) groups excluding carboxylic acids is 1. The first-order valence-electron chi connectivity index (χ1n) is 5.36. The van der Waals surface area contributed by atoms with Crippen LogP contribution in [0.5, 0.6) is 5.75 Å². The molecule has 0 radical (unpaired) electrons. The molecule has 5 nitrogen and oxygen atoms in total. The number of fused-ring (bicyclic) bond motifs is 1. The standard InChI is InChI=1S/C12H9BrFNO4/c1-2-19-12(18)9-10(16)5-3-6(13)7(14)4-8(5)15-11(9)17/h3-4H,2H2,1H3,(H2,15,16,17). The third-order valence-corrected chi connectivity index (χ3v) is 3.11. The van der Waals surface area contributed by atoms with Crippen LogP contribution in [0.1, 0.15) is 17.3 Å². The number of ether oxygens (including phenoxy) is 1. The molecule has 0 spiro atoms. The number of hydrogen-bond donors (Lipinski definition) is 2. The molecular weight excluding hydrogens is 321 g/mol. The average Bonchev–Trinajstić information content (AvgIpc) is 2.32. The van der Waals surface area contributed by atoms with Crippen LogP contribution in [0.2, 0.25) is 0 Å². The molecule has 0 saturated heterocycles. The first-order chi connectivity index (χ1) is 8.95. The molecule has 0 unspecified atom stereocenters. The lowest BCUT2D eigenvalue weighted by Crippen LogP contribution is -2.20. The lowest BCUT2D eigenvalue weighted by molar-refractivity contribution is 0.0521. The molecule has 1 aromatic carbocycles. The Bertz CT molecular complexity index is 726. The minimum absolute atomic E-state index is 0.0723. The summed E-state index contributed by atoms with van der Waals surface area (Å²) in [5.41, 5.74) is -1.23. The van der Waals surface area contributed by atoms with Crippen LogP contribution in [0.15, 0.2) is 21.4 Å². The molecule has 0 atom stereocenters. The summed E-state index contributed by atoms with van der Waals surface area (Å²) in [5.74, 6) is -2.05. The third kappa shape index (κ3) is 2.33. The molecule has 7 heteroatoms. The molecule has 19 heavy (non-hydrogen) atoms. The van der Waals surface area contributed by atoms with Crippen LogP contribution < -0.4 is 5.56 Å². The van der Waals surface area contributed by atoms with Crippen LogP contribution in [0.3, 0.4) is 0 Å². The van der Waals surface area contributed by atoms with Crippen molar-refractivity contribution < 1.29 is 19.0 Å². The Morgan fingerprint density at radius 1 is 1.53 bits per heavy atom. The topological polar surface area (TPSA) is 79.4 Å². The Balaban J connectivity index is 2.78. The number of aromatic hydroxyl groups is 1. The summed E-state index contributed by atoms with van der Waals surface area (Å²) in [6.07, 6.45) is 0. The van der Waals surface area contributed by atoms with E-state index in [-0.39, 0.29) is 22.0 Å². The van der Waals surface area contributed by atoms with Gasteiger partial charge in [0.1, 0.15) is 11.6 Å². The van der Waals surface area contributed by atoms with Gasteiger partial charge < -0.3 is 14.8 Å². The van der Waals surface area contributed by atoms with E-state index in [1.54, 1.807) is 6.92 Å². The summed E-state index contributed by atoms with van der Waals surface area (Å²) >= 11 is 2.97. The van der Waals surface area contributed by atoms with Gasteiger partial charge in [0.15, 0.2) is 5.56 Å². The maximum absolute atomic E-state index is 13.3. The van der Waals surface area contributed by atoms with Gasteiger partial charge in [-0.2, -0.15) is 0 Å². The number of halogens is 2. The fraction of sp³-hybridized carbons (Fsp3) is 0.167. The molecule has 0 aliphatic rings. The maximum Gasteiger partial charge on any atom is 0.347 e. The number of rotatable bonds is 2. The Kier molecular flexibility index (Phi) is 3.57. The van der Waals surface area contributed by atoms with Gasteiger partial charge in [-0.3, -0.25) is 4.79 Å². The van der Waals surface area contributed by atoms with Gasteiger partial charge in [0.25, 0.3) is 5.56 Å². The van der Waals surface area contributed by atoms with Gasteiger partial charge >= 0.3 is 5.97 Å². The number of pyridine rings is 1. The number of carbonyl (C=O) groups is 1. The lowest BCUT2D eigenvalue weighted by Gasteiger charge is -2.07. The first-order valence-corrected chi connectivity index (χ1v) is 6.16. The second-order valence-electron chi connectivity index (χ2n) is 3.71. The molecule has 0 amide bonds. The molecule has 0 aliphatic carbocycles. The van der Waals surface area contributed by atoms with Gasteiger partial charge in [-0.25, -0.2) is 9.18 Å². The van der Waals surface area contributed by atoms with Crippen molar-refractivity contribution in [3.05, 3.63) is 38.3 Å². The predicted octanol–water partition coefficient (Wildman–Crippen LogP) is 2.31. The number of hydrogen-bond acceptors (Lipinski definition) is 4. The highest BCUT2D eigenvalue weighted by molar-refractivity contribution is 9.10. The molecule has 100 valence electrons. The number of aromatic amines is 1. The molecule has 0 fully saturated rings. The number of esters is 1. The fourth-order valence-electron chi connectivity index (χ4n) is 1.67. The second kappa shape index (κ2) is 5.00. The quantitative estimate of drug-likeness (QED) is 0.828. The Labute approximate surface area is 115 Å². The molecular formula is C12H9BrFNO4. The van der Waals surface area contributed by atoms with Crippen LogP contribution in [0.25, 0.3) is 10.9 Å². The molecule has 1 aromatic heterocycles. The highest BCUT2D eigenvalue weighted by Gasteiger charge is 2.21. The molecule has 0 bridgehead atoms. The van der Waals surface area contributed by atoms with Crippen molar-refractivity contribution in [1.29, 1.82) is 0 Å². The van der Waals surface area contributed by atoms with E-state index in [1.807, 2.05) is 0 Å². The zero-order chi connectivity index (χ0) is 14.2.